The van der Waals surface area contributed by atoms with Gasteiger partial charge in [0, 0.05) is 5.56 Å². The van der Waals surface area contributed by atoms with Gasteiger partial charge in [-0.3, -0.25) is 9.36 Å². The van der Waals surface area contributed by atoms with Crippen LogP contribution in [0.3, 0.4) is 0 Å². The zero-order valence-electron chi connectivity index (χ0n) is 13.7. The van der Waals surface area contributed by atoms with Crippen molar-refractivity contribution in [3.63, 3.8) is 0 Å². The predicted molar refractivity (Wildman–Crippen MR) is 95.8 cm³/mol. The maximum absolute atomic E-state index is 13.2. The van der Waals surface area contributed by atoms with Crippen LogP contribution < -0.4 is 5.56 Å². The topological polar surface area (TPSA) is 52.2 Å². The molecule has 0 fully saturated rings. The smallest absolute Gasteiger partial charge is 0.258 e. The van der Waals surface area contributed by atoms with Crippen LogP contribution in [0.5, 0.6) is 0 Å². The molecule has 24 heavy (non-hydrogen) atoms. The molecule has 0 bridgehead atoms. The van der Waals surface area contributed by atoms with Crippen molar-refractivity contribution in [2.75, 3.05) is 6.26 Å². The molecule has 0 spiro atoms. The van der Waals surface area contributed by atoms with Gasteiger partial charge in [0.15, 0.2) is 0 Å². The van der Waals surface area contributed by atoms with E-state index in [-0.39, 0.29) is 5.56 Å². The standard InChI is InChI=1S/C18H20N4OS/c1-24-17-19-18-21(12-13-8-4-2-5-9-13)16(23)14-10-6-3-7-11-15(14)22(18)20-17/h2,4-5,8-9H,3,6-7,10-12H2,1H3. The van der Waals surface area contributed by atoms with Crippen LogP contribution in [-0.4, -0.2) is 25.4 Å². The molecule has 0 amide bonds. The molecule has 0 radical (unpaired) electrons. The third kappa shape index (κ3) is 2.65. The van der Waals surface area contributed by atoms with Gasteiger partial charge in [0.25, 0.3) is 5.56 Å². The highest BCUT2D eigenvalue weighted by Gasteiger charge is 2.21. The van der Waals surface area contributed by atoms with Crippen molar-refractivity contribution in [3.05, 3.63) is 57.5 Å². The molecule has 1 aliphatic rings. The first kappa shape index (κ1) is 15.4. The Hall–Kier alpha value is -2.08. The van der Waals surface area contributed by atoms with Crippen LogP contribution in [0.4, 0.5) is 0 Å². The van der Waals surface area contributed by atoms with Crippen molar-refractivity contribution in [1.29, 1.82) is 0 Å². The Morgan fingerprint density at radius 2 is 1.92 bits per heavy atom. The van der Waals surface area contributed by atoms with Crippen molar-refractivity contribution in [2.24, 2.45) is 0 Å². The average Bonchev–Trinajstić information content (AvgIpc) is 2.89. The van der Waals surface area contributed by atoms with Crippen molar-refractivity contribution >= 4 is 17.5 Å². The Morgan fingerprint density at radius 1 is 1.12 bits per heavy atom. The molecule has 0 saturated carbocycles. The van der Waals surface area contributed by atoms with E-state index in [1.165, 1.54) is 18.2 Å². The summed E-state index contributed by atoms with van der Waals surface area (Å²) in [5, 5.41) is 5.35. The monoisotopic (exact) mass is 340 g/mol. The van der Waals surface area contributed by atoms with Gasteiger partial charge >= 0.3 is 0 Å². The second-order valence-corrected chi connectivity index (χ2v) is 6.95. The zero-order valence-corrected chi connectivity index (χ0v) is 14.6. The van der Waals surface area contributed by atoms with Gasteiger partial charge in [0.05, 0.1) is 12.2 Å². The maximum Gasteiger partial charge on any atom is 0.258 e. The van der Waals surface area contributed by atoms with E-state index in [9.17, 15) is 4.79 Å². The molecule has 0 unspecified atom stereocenters. The van der Waals surface area contributed by atoms with E-state index < -0.39 is 0 Å². The molecule has 3 aromatic rings. The first-order chi connectivity index (χ1) is 11.8. The van der Waals surface area contributed by atoms with E-state index in [1.807, 2.05) is 41.1 Å². The van der Waals surface area contributed by atoms with Crippen LogP contribution in [0, 0.1) is 0 Å². The number of aromatic nitrogens is 4. The number of thioether (sulfide) groups is 1. The summed E-state index contributed by atoms with van der Waals surface area (Å²) in [4.78, 5) is 17.8. The Labute approximate surface area is 144 Å². The second kappa shape index (κ2) is 6.43. The highest BCUT2D eigenvalue weighted by atomic mass is 32.2. The summed E-state index contributed by atoms with van der Waals surface area (Å²) < 4.78 is 3.70. The fourth-order valence-electron chi connectivity index (χ4n) is 3.42. The minimum Gasteiger partial charge on any atom is -0.272 e. The Morgan fingerprint density at radius 3 is 2.71 bits per heavy atom. The van der Waals surface area contributed by atoms with Crippen LogP contribution in [0.2, 0.25) is 0 Å². The van der Waals surface area contributed by atoms with E-state index in [0.717, 1.165) is 42.5 Å². The van der Waals surface area contributed by atoms with Crippen LogP contribution in [-0.2, 0) is 19.4 Å². The number of rotatable bonds is 3. The van der Waals surface area contributed by atoms with Gasteiger partial charge in [0.1, 0.15) is 0 Å². The van der Waals surface area contributed by atoms with Gasteiger partial charge in [-0.15, -0.1) is 5.10 Å². The van der Waals surface area contributed by atoms with Gasteiger partial charge in [0.2, 0.25) is 10.9 Å². The quantitative estimate of drug-likeness (QED) is 0.543. The number of hydrogen-bond acceptors (Lipinski definition) is 4. The Kier molecular flexibility index (Phi) is 4.14. The Bertz CT molecular complexity index is 930. The molecule has 4 rings (SSSR count). The molecule has 124 valence electrons. The lowest BCUT2D eigenvalue weighted by molar-refractivity contribution is 0.691. The number of hydrogen-bond donors (Lipinski definition) is 0. The number of aryl methyl sites for hydroxylation is 1. The van der Waals surface area contributed by atoms with E-state index in [2.05, 4.69) is 10.1 Å². The number of nitrogens with zero attached hydrogens (tertiary/aromatic N) is 4. The molecule has 2 heterocycles. The first-order valence-corrected chi connectivity index (χ1v) is 9.59. The van der Waals surface area contributed by atoms with Crippen LogP contribution >= 0.6 is 11.8 Å². The normalized spacial score (nSPS) is 14.5. The minimum atomic E-state index is 0.100. The largest absolute Gasteiger partial charge is 0.272 e. The lowest BCUT2D eigenvalue weighted by atomic mass is 10.1. The van der Waals surface area contributed by atoms with Gasteiger partial charge in [-0.05, 0) is 37.5 Å². The lowest BCUT2D eigenvalue weighted by Crippen LogP contribution is -2.29. The summed E-state index contributed by atoms with van der Waals surface area (Å²) in [5.74, 6) is 0.661. The third-order valence-corrected chi connectivity index (χ3v) is 5.16. The van der Waals surface area contributed by atoms with E-state index in [4.69, 9.17) is 0 Å². The van der Waals surface area contributed by atoms with Crippen molar-refractivity contribution < 1.29 is 0 Å². The van der Waals surface area contributed by atoms with Crippen LogP contribution in [0.25, 0.3) is 5.78 Å². The summed E-state index contributed by atoms with van der Waals surface area (Å²) >= 11 is 1.51. The number of benzene rings is 1. The minimum absolute atomic E-state index is 0.100. The van der Waals surface area contributed by atoms with Crippen molar-refractivity contribution in [1.82, 2.24) is 19.2 Å². The van der Waals surface area contributed by atoms with Gasteiger partial charge in [-0.1, -0.05) is 48.5 Å². The summed E-state index contributed by atoms with van der Waals surface area (Å²) in [6, 6.07) is 10.1. The van der Waals surface area contributed by atoms with Crippen LogP contribution in [0.1, 0.15) is 36.1 Å². The summed E-state index contributed by atoms with van der Waals surface area (Å²) in [6.07, 6.45) is 7.06. The van der Waals surface area contributed by atoms with Crippen molar-refractivity contribution in [3.8, 4) is 0 Å². The summed E-state index contributed by atoms with van der Waals surface area (Å²) in [7, 11) is 0. The Balaban J connectivity index is 1.96. The van der Waals surface area contributed by atoms with Crippen LogP contribution in [0.15, 0.2) is 40.3 Å². The molecule has 0 aliphatic heterocycles. The second-order valence-electron chi connectivity index (χ2n) is 6.17. The molecular formula is C18H20N4OS. The van der Waals surface area contributed by atoms with Gasteiger partial charge in [-0.25, -0.2) is 4.52 Å². The molecule has 0 saturated heterocycles. The van der Waals surface area contributed by atoms with Crippen molar-refractivity contribution in [2.45, 2.75) is 43.8 Å². The molecule has 0 N–H and O–H groups in total. The molecule has 1 aromatic carbocycles. The zero-order chi connectivity index (χ0) is 16.5. The van der Waals surface area contributed by atoms with Gasteiger partial charge < -0.3 is 0 Å². The van der Waals surface area contributed by atoms with Gasteiger partial charge in [-0.2, -0.15) is 4.98 Å². The molecular weight excluding hydrogens is 320 g/mol. The molecule has 2 aromatic heterocycles. The molecule has 6 heteroatoms. The summed E-state index contributed by atoms with van der Waals surface area (Å²) in [5.41, 5.74) is 3.19. The predicted octanol–water partition coefficient (Wildman–Crippen LogP) is 2.93. The molecule has 1 aliphatic carbocycles. The average molecular weight is 340 g/mol. The fourth-order valence-corrected chi connectivity index (χ4v) is 3.76. The lowest BCUT2D eigenvalue weighted by Gasteiger charge is -2.13. The summed E-state index contributed by atoms with van der Waals surface area (Å²) in [6.45, 7) is 0.531. The van der Waals surface area contributed by atoms with E-state index in [1.54, 1.807) is 4.57 Å². The first-order valence-electron chi connectivity index (χ1n) is 8.37. The van der Waals surface area contributed by atoms with E-state index in [0.29, 0.717) is 17.5 Å². The highest BCUT2D eigenvalue weighted by molar-refractivity contribution is 7.98. The fraction of sp³-hybridized carbons (Fsp3) is 0.389. The maximum atomic E-state index is 13.2. The molecule has 0 atom stereocenters. The highest BCUT2D eigenvalue weighted by Crippen LogP contribution is 2.21. The SMILES string of the molecule is CSc1nc2n(Cc3ccccc3)c(=O)c3c(n2n1)CCCCC3. The third-order valence-electron chi connectivity index (χ3n) is 4.63. The molecule has 5 nitrogen and oxygen atoms in total. The van der Waals surface area contributed by atoms with E-state index >= 15 is 0 Å². The number of fused-ring (bicyclic) bond motifs is 3.